The van der Waals surface area contributed by atoms with Gasteiger partial charge in [0.25, 0.3) is 5.91 Å². The fourth-order valence-electron chi connectivity index (χ4n) is 3.21. The summed E-state index contributed by atoms with van der Waals surface area (Å²) in [6, 6.07) is 11.7. The zero-order valence-electron chi connectivity index (χ0n) is 18.3. The number of carbonyl (C=O) groups excluding carboxylic acids is 3. The first-order chi connectivity index (χ1) is 16.3. The van der Waals surface area contributed by atoms with Crippen LogP contribution in [0.1, 0.15) is 41.6 Å². The Balaban J connectivity index is 1.44. The van der Waals surface area contributed by atoms with E-state index in [9.17, 15) is 14.4 Å². The summed E-state index contributed by atoms with van der Waals surface area (Å²) < 4.78 is 5.20. The summed E-state index contributed by atoms with van der Waals surface area (Å²) in [7, 11) is 1.33. The maximum Gasteiger partial charge on any atom is 0.337 e. The maximum absolute atomic E-state index is 12.8. The third-order valence-corrected chi connectivity index (χ3v) is 6.92. The van der Waals surface area contributed by atoms with E-state index in [0.717, 1.165) is 18.4 Å². The van der Waals surface area contributed by atoms with Crippen LogP contribution in [0.3, 0.4) is 0 Å². The van der Waals surface area contributed by atoms with Crippen molar-refractivity contribution < 1.29 is 19.1 Å². The van der Waals surface area contributed by atoms with Gasteiger partial charge in [0.1, 0.15) is 4.32 Å². The molecule has 1 aliphatic heterocycles. The minimum absolute atomic E-state index is 0.129. The number of hydrogen-bond acceptors (Lipinski definition) is 6. The Hall–Kier alpha value is -2.39. The molecule has 10 heteroatoms. The van der Waals surface area contributed by atoms with Gasteiger partial charge in [-0.05, 0) is 54.8 Å². The first-order valence-electron chi connectivity index (χ1n) is 10.5. The molecule has 2 amide bonds. The first-order valence-corrected chi connectivity index (χ1v) is 12.4. The van der Waals surface area contributed by atoms with Crippen molar-refractivity contribution in [3.05, 3.63) is 68.5 Å². The van der Waals surface area contributed by atoms with Crippen molar-refractivity contribution in [3.8, 4) is 0 Å². The van der Waals surface area contributed by atoms with E-state index in [4.69, 9.17) is 35.4 Å². The van der Waals surface area contributed by atoms with E-state index in [1.807, 2.05) is 0 Å². The van der Waals surface area contributed by atoms with Crippen LogP contribution in [-0.4, -0.2) is 40.7 Å². The van der Waals surface area contributed by atoms with E-state index in [1.54, 1.807) is 53.4 Å². The molecule has 2 aromatic rings. The number of unbranched alkanes of at least 4 members (excludes halogenated alkanes) is 2. The van der Waals surface area contributed by atoms with Gasteiger partial charge in [0.2, 0.25) is 5.91 Å². The highest BCUT2D eigenvalue weighted by atomic mass is 35.5. The molecule has 1 N–H and O–H groups in total. The van der Waals surface area contributed by atoms with Crippen molar-refractivity contribution >= 4 is 81.0 Å². The largest absolute Gasteiger partial charge is 0.465 e. The van der Waals surface area contributed by atoms with Gasteiger partial charge < -0.3 is 10.1 Å². The second kappa shape index (κ2) is 12.4. The number of carbonyl (C=O) groups is 3. The Morgan fingerprint density at radius 3 is 2.53 bits per heavy atom. The second-order valence-corrected chi connectivity index (χ2v) is 9.95. The van der Waals surface area contributed by atoms with Gasteiger partial charge in [-0.2, -0.15) is 0 Å². The molecule has 0 saturated carbocycles. The van der Waals surface area contributed by atoms with Gasteiger partial charge in [-0.15, -0.1) is 0 Å². The van der Waals surface area contributed by atoms with Crippen LogP contribution in [0, 0.1) is 0 Å². The third kappa shape index (κ3) is 7.06. The monoisotopic (exact) mass is 536 g/mol. The van der Waals surface area contributed by atoms with Gasteiger partial charge in [0.15, 0.2) is 0 Å². The predicted molar refractivity (Wildman–Crippen MR) is 141 cm³/mol. The Labute approximate surface area is 217 Å². The van der Waals surface area contributed by atoms with E-state index in [2.05, 4.69) is 10.1 Å². The summed E-state index contributed by atoms with van der Waals surface area (Å²) in [4.78, 5) is 38.6. The number of rotatable bonds is 9. The molecule has 3 rings (SSSR count). The summed E-state index contributed by atoms with van der Waals surface area (Å²) in [5.41, 5.74) is 1.76. The maximum atomic E-state index is 12.8. The molecular formula is C24H22Cl2N2O4S2. The quantitative estimate of drug-likeness (QED) is 0.178. The number of halogens is 2. The zero-order valence-corrected chi connectivity index (χ0v) is 21.5. The molecule has 0 aliphatic carbocycles. The van der Waals surface area contributed by atoms with Crippen molar-refractivity contribution in [3.63, 3.8) is 0 Å². The van der Waals surface area contributed by atoms with E-state index in [1.165, 1.54) is 18.9 Å². The minimum atomic E-state index is -0.413. The normalized spacial score (nSPS) is 14.6. The molecule has 0 radical (unpaired) electrons. The molecule has 0 bridgehead atoms. The van der Waals surface area contributed by atoms with Crippen LogP contribution >= 0.6 is 47.2 Å². The fraction of sp³-hybridized carbons (Fsp3) is 0.250. The molecule has 0 spiro atoms. The topological polar surface area (TPSA) is 75.7 Å². The zero-order chi connectivity index (χ0) is 24.7. The van der Waals surface area contributed by atoms with Crippen LogP contribution in [0.2, 0.25) is 10.0 Å². The van der Waals surface area contributed by atoms with Gasteiger partial charge >= 0.3 is 5.97 Å². The van der Waals surface area contributed by atoms with Gasteiger partial charge in [0, 0.05) is 18.0 Å². The van der Waals surface area contributed by atoms with E-state index < -0.39 is 5.97 Å². The highest BCUT2D eigenvalue weighted by Crippen LogP contribution is 2.33. The number of anilines is 1. The highest BCUT2D eigenvalue weighted by Gasteiger charge is 2.31. The number of esters is 1. The third-order valence-electron chi connectivity index (χ3n) is 4.99. The van der Waals surface area contributed by atoms with Crippen molar-refractivity contribution in [1.82, 2.24) is 4.90 Å². The Morgan fingerprint density at radius 2 is 1.85 bits per heavy atom. The van der Waals surface area contributed by atoms with E-state index in [-0.39, 0.29) is 11.8 Å². The molecule has 1 saturated heterocycles. The van der Waals surface area contributed by atoms with Gasteiger partial charge in [0.05, 0.1) is 28.3 Å². The molecule has 0 unspecified atom stereocenters. The minimum Gasteiger partial charge on any atom is -0.465 e. The van der Waals surface area contributed by atoms with Crippen LogP contribution < -0.4 is 5.32 Å². The van der Waals surface area contributed by atoms with Gasteiger partial charge in [-0.3, -0.25) is 14.5 Å². The Bertz CT molecular complexity index is 1140. The van der Waals surface area contributed by atoms with Crippen molar-refractivity contribution in [2.24, 2.45) is 0 Å². The van der Waals surface area contributed by atoms with Crippen LogP contribution in [0.15, 0.2) is 47.4 Å². The molecular weight excluding hydrogens is 515 g/mol. The molecule has 2 aromatic carbocycles. The highest BCUT2D eigenvalue weighted by molar-refractivity contribution is 8.26. The van der Waals surface area contributed by atoms with E-state index >= 15 is 0 Å². The predicted octanol–water partition coefficient (Wildman–Crippen LogP) is 6.18. The summed E-state index contributed by atoms with van der Waals surface area (Å²) in [5, 5.41) is 3.67. The smallest absolute Gasteiger partial charge is 0.337 e. The van der Waals surface area contributed by atoms with Crippen molar-refractivity contribution in [2.45, 2.75) is 25.7 Å². The molecule has 0 aromatic heterocycles. The lowest BCUT2D eigenvalue weighted by Crippen LogP contribution is -2.29. The van der Waals surface area contributed by atoms with Gasteiger partial charge in [-0.1, -0.05) is 65.7 Å². The lowest BCUT2D eigenvalue weighted by atomic mass is 10.1. The molecule has 34 heavy (non-hydrogen) atoms. The van der Waals surface area contributed by atoms with Crippen molar-refractivity contribution in [2.75, 3.05) is 19.0 Å². The number of nitrogens with zero attached hydrogens (tertiary/aromatic N) is 1. The fourth-order valence-corrected chi connectivity index (χ4v) is 4.98. The van der Waals surface area contributed by atoms with Crippen LogP contribution in [0.25, 0.3) is 6.08 Å². The SMILES string of the molecule is COC(=O)c1ccc(C=C2SC(=S)N(CCCCCC(=O)Nc3ccc(Cl)cc3Cl)C2=O)cc1. The Morgan fingerprint density at radius 1 is 1.12 bits per heavy atom. The number of thiocarbonyl (C=S) groups is 1. The molecule has 0 atom stereocenters. The molecule has 1 aliphatic rings. The number of methoxy groups -OCH3 is 1. The standard InChI is InChI=1S/C24H22Cl2N2O4S2/c1-32-23(31)16-8-6-15(7-9-16)13-20-22(30)28(24(33)34-20)12-4-2-3-5-21(29)27-19-11-10-17(25)14-18(19)26/h6-11,13-14H,2-5,12H2,1H3,(H,27,29). The van der Waals surface area contributed by atoms with Crippen LogP contribution in [0.5, 0.6) is 0 Å². The van der Waals surface area contributed by atoms with Crippen LogP contribution in [-0.2, 0) is 14.3 Å². The molecule has 178 valence electrons. The van der Waals surface area contributed by atoms with Gasteiger partial charge in [-0.25, -0.2) is 4.79 Å². The number of amides is 2. The average molecular weight is 537 g/mol. The number of ether oxygens (including phenoxy) is 1. The number of thioether (sulfide) groups is 1. The number of hydrogen-bond donors (Lipinski definition) is 1. The molecule has 6 nitrogen and oxygen atoms in total. The first kappa shape index (κ1) is 26.2. The van der Waals surface area contributed by atoms with Crippen molar-refractivity contribution in [1.29, 1.82) is 0 Å². The summed E-state index contributed by atoms with van der Waals surface area (Å²) in [6.07, 6.45) is 4.27. The summed E-state index contributed by atoms with van der Waals surface area (Å²) in [5.74, 6) is -0.678. The lowest BCUT2D eigenvalue weighted by molar-refractivity contribution is -0.122. The molecule has 1 fully saturated rings. The average Bonchev–Trinajstić information content (AvgIpc) is 3.07. The second-order valence-electron chi connectivity index (χ2n) is 7.43. The van der Waals surface area contributed by atoms with Crippen LogP contribution in [0.4, 0.5) is 5.69 Å². The van der Waals surface area contributed by atoms with E-state index in [0.29, 0.717) is 49.9 Å². The number of nitrogens with one attached hydrogen (secondary N) is 1. The lowest BCUT2D eigenvalue weighted by Gasteiger charge is -2.14. The number of benzene rings is 2. The Kier molecular flexibility index (Phi) is 9.53. The molecule has 1 heterocycles. The summed E-state index contributed by atoms with van der Waals surface area (Å²) in [6.45, 7) is 0.494. The summed E-state index contributed by atoms with van der Waals surface area (Å²) >= 11 is 18.6.